The SMILES string of the molecule is Cc1ccc(-c2cccc(N)n2)cc1C. The van der Waals surface area contributed by atoms with Gasteiger partial charge in [-0.25, -0.2) is 4.98 Å². The van der Waals surface area contributed by atoms with Crippen molar-refractivity contribution in [1.29, 1.82) is 0 Å². The van der Waals surface area contributed by atoms with Crippen molar-refractivity contribution in [3.8, 4) is 11.3 Å². The molecule has 0 fully saturated rings. The summed E-state index contributed by atoms with van der Waals surface area (Å²) in [7, 11) is 0. The van der Waals surface area contributed by atoms with Crippen LogP contribution in [-0.2, 0) is 0 Å². The van der Waals surface area contributed by atoms with Crippen LogP contribution in [-0.4, -0.2) is 4.98 Å². The molecule has 2 N–H and O–H groups in total. The van der Waals surface area contributed by atoms with Gasteiger partial charge < -0.3 is 5.73 Å². The van der Waals surface area contributed by atoms with Crippen LogP contribution in [0.15, 0.2) is 36.4 Å². The molecule has 0 aliphatic heterocycles. The van der Waals surface area contributed by atoms with Gasteiger partial charge in [-0.1, -0.05) is 18.2 Å². The Hall–Kier alpha value is -1.83. The first-order chi connectivity index (χ1) is 7.16. The average molecular weight is 198 g/mol. The molecule has 76 valence electrons. The van der Waals surface area contributed by atoms with Gasteiger partial charge in [-0.15, -0.1) is 0 Å². The number of aryl methyl sites for hydroxylation is 2. The average Bonchev–Trinajstić information content (AvgIpc) is 2.22. The minimum Gasteiger partial charge on any atom is -0.384 e. The van der Waals surface area contributed by atoms with E-state index >= 15 is 0 Å². The van der Waals surface area contributed by atoms with Crippen LogP contribution in [0.5, 0.6) is 0 Å². The van der Waals surface area contributed by atoms with E-state index in [0.29, 0.717) is 5.82 Å². The number of nitrogens with zero attached hydrogens (tertiary/aromatic N) is 1. The summed E-state index contributed by atoms with van der Waals surface area (Å²) in [4.78, 5) is 4.29. The van der Waals surface area contributed by atoms with E-state index in [9.17, 15) is 0 Å². The van der Waals surface area contributed by atoms with Gasteiger partial charge in [0, 0.05) is 5.56 Å². The molecular weight excluding hydrogens is 184 g/mol. The Kier molecular flexibility index (Phi) is 2.42. The minimum atomic E-state index is 0.561. The number of pyridine rings is 1. The van der Waals surface area contributed by atoms with Crippen molar-refractivity contribution in [2.45, 2.75) is 13.8 Å². The highest BCUT2D eigenvalue weighted by atomic mass is 14.8. The van der Waals surface area contributed by atoms with Gasteiger partial charge in [0.25, 0.3) is 0 Å². The Balaban J connectivity index is 2.50. The second kappa shape index (κ2) is 3.73. The van der Waals surface area contributed by atoms with Gasteiger partial charge in [0.1, 0.15) is 5.82 Å². The zero-order valence-electron chi connectivity index (χ0n) is 8.99. The van der Waals surface area contributed by atoms with Crippen LogP contribution in [0.3, 0.4) is 0 Å². The molecular formula is C13H14N2. The van der Waals surface area contributed by atoms with Crippen LogP contribution in [0.1, 0.15) is 11.1 Å². The molecule has 0 aliphatic rings. The number of nitrogens with two attached hydrogens (primary N) is 1. The fourth-order valence-corrected chi connectivity index (χ4v) is 1.51. The second-order valence-corrected chi connectivity index (χ2v) is 3.75. The molecule has 0 radical (unpaired) electrons. The number of rotatable bonds is 1. The molecule has 0 spiro atoms. The van der Waals surface area contributed by atoms with Crippen molar-refractivity contribution < 1.29 is 0 Å². The quantitative estimate of drug-likeness (QED) is 0.765. The lowest BCUT2D eigenvalue weighted by Crippen LogP contribution is -1.92. The van der Waals surface area contributed by atoms with Gasteiger partial charge in [0.15, 0.2) is 0 Å². The summed E-state index contributed by atoms with van der Waals surface area (Å²) in [5.41, 5.74) is 10.3. The number of hydrogen-bond acceptors (Lipinski definition) is 2. The zero-order valence-corrected chi connectivity index (χ0v) is 8.99. The molecule has 1 aromatic carbocycles. The predicted octanol–water partition coefficient (Wildman–Crippen LogP) is 2.95. The van der Waals surface area contributed by atoms with Gasteiger partial charge in [-0.3, -0.25) is 0 Å². The van der Waals surface area contributed by atoms with E-state index in [1.807, 2.05) is 12.1 Å². The van der Waals surface area contributed by atoms with E-state index in [2.05, 4.69) is 37.0 Å². The van der Waals surface area contributed by atoms with Crippen LogP contribution in [0.4, 0.5) is 5.82 Å². The lowest BCUT2D eigenvalue weighted by Gasteiger charge is -2.05. The number of nitrogen functional groups attached to an aromatic ring is 1. The van der Waals surface area contributed by atoms with Crippen LogP contribution in [0.25, 0.3) is 11.3 Å². The third-order valence-electron chi connectivity index (χ3n) is 2.57. The first kappa shape index (κ1) is 9.71. The lowest BCUT2D eigenvalue weighted by molar-refractivity contribution is 1.30. The third-order valence-corrected chi connectivity index (χ3v) is 2.57. The molecule has 1 heterocycles. The normalized spacial score (nSPS) is 10.3. The van der Waals surface area contributed by atoms with E-state index in [-0.39, 0.29) is 0 Å². The summed E-state index contributed by atoms with van der Waals surface area (Å²) < 4.78 is 0. The summed E-state index contributed by atoms with van der Waals surface area (Å²) in [5, 5.41) is 0. The smallest absolute Gasteiger partial charge is 0.124 e. The van der Waals surface area contributed by atoms with Gasteiger partial charge in [0.05, 0.1) is 5.69 Å². The van der Waals surface area contributed by atoms with Gasteiger partial charge in [0.2, 0.25) is 0 Å². The monoisotopic (exact) mass is 198 g/mol. The first-order valence-corrected chi connectivity index (χ1v) is 4.97. The Morgan fingerprint density at radius 2 is 1.80 bits per heavy atom. The molecule has 2 rings (SSSR count). The van der Waals surface area contributed by atoms with Gasteiger partial charge in [-0.2, -0.15) is 0 Å². The number of anilines is 1. The summed E-state index contributed by atoms with van der Waals surface area (Å²) >= 11 is 0. The summed E-state index contributed by atoms with van der Waals surface area (Å²) in [6.07, 6.45) is 0. The Morgan fingerprint density at radius 1 is 1.00 bits per heavy atom. The molecule has 0 atom stereocenters. The Labute approximate surface area is 89.8 Å². The maximum atomic E-state index is 5.65. The maximum Gasteiger partial charge on any atom is 0.124 e. The highest BCUT2D eigenvalue weighted by Crippen LogP contribution is 2.20. The Morgan fingerprint density at radius 3 is 2.47 bits per heavy atom. The van der Waals surface area contributed by atoms with Crippen LogP contribution in [0.2, 0.25) is 0 Å². The summed E-state index contributed by atoms with van der Waals surface area (Å²) in [6, 6.07) is 12.0. The van der Waals surface area contributed by atoms with Crippen molar-refractivity contribution in [3.05, 3.63) is 47.5 Å². The van der Waals surface area contributed by atoms with Gasteiger partial charge in [-0.05, 0) is 43.2 Å². The van der Waals surface area contributed by atoms with Gasteiger partial charge >= 0.3 is 0 Å². The fraction of sp³-hybridized carbons (Fsp3) is 0.154. The van der Waals surface area contributed by atoms with E-state index in [1.165, 1.54) is 11.1 Å². The highest BCUT2D eigenvalue weighted by Gasteiger charge is 2.00. The van der Waals surface area contributed by atoms with Crippen molar-refractivity contribution in [2.24, 2.45) is 0 Å². The first-order valence-electron chi connectivity index (χ1n) is 4.97. The predicted molar refractivity (Wildman–Crippen MR) is 63.6 cm³/mol. The van der Waals surface area contributed by atoms with E-state index in [0.717, 1.165) is 11.3 Å². The van der Waals surface area contributed by atoms with Crippen molar-refractivity contribution in [2.75, 3.05) is 5.73 Å². The lowest BCUT2D eigenvalue weighted by atomic mass is 10.0. The molecule has 1 aromatic heterocycles. The molecule has 2 heteroatoms. The summed E-state index contributed by atoms with van der Waals surface area (Å²) in [6.45, 7) is 4.21. The van der Waals surface area contributed by atoms with Crippen molar-refractivity contribution in [3.63, 3.8) is 0 Å². The molecule has 0 saturated carbocycles. The van der Waals surface area contributed by atoms with Crippen molar-refractivity contribution >= 4 is 5.82 Å². The second-order valence-electron chi connectivity index (χ2n) is 3.75. The largest absolute Gasteiger partial charge is 0.384 e. The molecule has 2 aromatic rings. The summed E-state index contributed by atoms with van der Waals surface area (Å²) in [5.74, 6) is 0.561. The van der Waals surface area contributed by atoms with Crippen LogP contribution < -0.4 is 5.73 Å². The molecule has 0 unspecified atom stereocenters. The topological polar surface area (TPSA) is 38.9 Å². The minimum absolute atomic E-state index is 0.561. The number of aromatic nitrogens is 1. The molecule has 0 aliphatic carbocycles. The van der Waals surface area contributed by atoms with Crippen LogP contribution >= 0.6 is 0 Å². The van der Waals surface area contributed by atoms with E-state index < -0.39 is 0 Å². The molecule has 0 amide bonds. The molecule has 0 saturated heterocycles. The third kappa shape index (κ3) is 1.99. The number of hydrogen-bond donors (Lipinski definition) is 1. The van der Waals surface area contributed by atoms with Crippen LogP contribution in [0, 0.1) is 13.8 Å². The molecule has 2 nitrogen and oxygen atoms in total. The maximum absolute atomic E-state index is 5.65. The number of benzene rings is 1. The van der Waals surface area contributed by atoms with E-state index in [1.54, 1.807) is 6.07 Å². The highest BCUT2D eigenvalue weighted by molar-refractivity contribution is 5.62. The standard InChI is InChI=1S/C13H14N2/c1-9-6-7-11(8-10(9)2)12-4-3-5-13(14)15-12/h3-8H,1-2H3,(H2,14,15). The van der Waals surface area contributed by atoms with E-state index in [4.69, 9.17) is 5.73 Å². The molecule has 0 bridgehead atoms. The van der Waals surface area contributed by atoms with Crippen molar-refractivity contribution in [1.82, 2.24) is 4.98 Å². The zero-order chi connectivity index (χ0) is 10.8. The molecule has 15 heavy (non-hydrogen) atoms. The Bertz CT molecular complexity index is 490. The fourth-order valence-electron chi connectivity index (χ4n) is 1.51.